The first-order valence-corrected chi connectivity index (χ1v) is 13.8. The van der Waals surface area contributed by atoms with Crippen molar-refractivity contribution in [1.29, 1.82) is 0 Å². The van der Waals surface area contributed by atoms with Crippen LogP contribution >= 0.6 is 0 Å². The molecule has 1 aliphatic rings. The van der Waals surface area contributed by atoms with Gasteiger partial charge in [-0.15, -0.1) is 13.2 Å². The molecule has 0 saturated heterocycles. The highest BCUT2D eigenvalue weighted by Gasteiger charge is 2.14. The Morgan fingerprint density at radius 1 is 0.700 bits per heavy atom. The highest BCUT2D eigenvalue weighted by Crippen LogP contribution is 2.36. The van der Waals surface area contributed by atoms with Gasteiger partial charge in [0.1, 0.15) is 0 Å². The molecule has 1 unspecified atom stereocenters. The number of hydrogen-bond donors (Lipinski definition) is 2. The third-order valence-electron chi connectivity index (χ3n) is 7.12. The maximum atomic E-state index is 5.35. The minimum absolute atomic E-state index is 0.352. The SMILES string of the molecule is C=C.CC(c1ccccc1)c1ccc(-c2ccc(C3=CNCC=C3)cc2)c2ccccc12.NCc1ccccc1. The molecule has 0 radical (unpaired) electrons. The van der Waals surface area contributed by atoms with Crippen molar-refractivity contribution in [2.24, 2.45) is 5.73 Å². The molecule has 5 aromatic rings. The summed E-state index contributed by atoms with van der Waals surface area (Å²) < 4.78 is 0. The maximum absolute atomic E-state index is 5.35. The van der Waals surface area contributed by atoms with Crippen LogP contribution in [0.4, 0.5) is 0 Å². The minimum atomic E-state index is 0.352. The lowest BCUT2D eigenvalue weighted by Crippen LogP contribution is -2.08. The van der Waals surface area contributed by atoms with E-state index >= 15 is 0 Å². The van der Waals surface area contributed by atoms with Gasteiger partial charge in [0.15, 0.2) is 0 Å². The van der Waals surface area contributed by atoms with Crippen LogP contribution in [0.15, 0.2) is 153 Å². The highest BCUT2D eigenvalue weighted by molar-refractivity contribution is 5.99. The summed E-state index contributed by atoms with van der Waals surface area (Å²) in [5, 5.41) is 5.93. The molecule has 3 N–H and O–H groups in total. The van der Waals surface area contributed by atoms with Crippen LogP contribution in [0.2, 0.25) is 0 Å². The fourth-order valence-electron chi connectivity index (χ4n) is 4.98. The zero-order chi connectivity index (χ0) is 28.2. The molecular weight excluding hydrogens is 484 g/mol. The second-order valence-electron chi connectivity index (χ2n) is 9.56. The normalized spacial score (nSPS) is 12.6. The Hall–Kier alpha value is -4.66. The molecular formula is C38H38N2. The molecule has 200 valence electrons. The van der Waals surface area contributed by atoms with Crippen molar-refractivity contribution >= 4 is 16.3 Å². The summed E-state index contributed by atoms with van der Waals surface area (Å²) >= 11 is 0. The number of allylic oxidation sites excluding steroid dienone is 2. The van der Waals surface area contributed by atoms with Gasteiger partial charge in [0, 0.05) is 25.2 Å². The predicted octanol–water partition coefficient (Wildman–Crippen LogP) is 9.11. The monoisotopic (exact) mass is 522 g/mol. The van der Waals surface area contributed by atoms with Crippen LogP contribution in [-0.4, -0.2) is 6.54 Å². The molecule has 0 bridgehead atoms. The number of rotatable bonds is 5. The summed E-state index contributed by atoms with van der Waals surface area (Å²) in [7, 11) is 0. The van der Waals surface area contributed by atoms with E-state index in [-0.39, 0.29) is 0 Å². The number of benzene rings is 5. The molecule has 1 atom stereocenters. The first-order chi connectivity index (χ1) is 19.7. The minimum Gasteiger partial charge on any atom is -0.387 e. The summed E-state index contributed by atoms with van der Waals surface area (Å²) in [6, 6.07) is 43.0. The average Bonchev–Trinajstić information content (AvgIpc) is 3.06. The van der Waals surface area contributed by atoms with Gasteiger partial charge in [-0.25, -0.2) is 0 Å². The van der Waals surface area contributed by atoms with Gasteiger partial charge in [0.05, 0.1) is 0 Å². The number of dihydropyridines is 1. The fraction of sp³-hybridized carbons (Fsp3) is 0.105. The van der Waals surface area contributed by atoms with Gasteiger partial charge >= 0.3 is 0 Å². The first kappa shape index (κ1) is 28.4. The standard InChI is InChI=1S/C29H25N.C7H9N.C2H4/c1-21(22-8-3-2-4-9-22)26-17-18-27(29-12-6-5-11-28(26)29)24-15-13-23(14-16-24)25-10-7-19-30-20-25;8-6-7-4-2-1-3-5-7;1-2/h2-18,20-21,30H,19H2,1H3;1-5H,6,8H2;1-2H2. The van der Waals surface area contributed by atoms with E-state index in [2.05, 4.69) is 135 Å². The molecule has 0 spiro atoms. The Morgan fingerprint density at radius 3 is 1.90 bits per heavy atom. The lowest BCUT2D eigenvalue weighted by Gasteiger charge is -2.18. The molecule has 2 heteroatoms. The molecule has 0 aliphatic carbocycles. The van der Waals surface area contributed by atoms with E-state index in [0.717, 1.165) is 6.54 Å². The van der Waals surface area contributed by atoms with E-state index in [0.29, 0.717) is 12.5 Å². The van der Waals surface area contributed by atoms with E-state index in [9.17, 15) is 0 Å². The van der Waals surface area contributed by atoms with Gasteiger partial charge in [-0.05, 0) is 49.7 Å². The molecule has 0 saturated carbocycles. The predicted molar refractivity (Wildman–Crippen MR) is 174 cm³/mol. The van der Waals surface area contributed by atoms with E-state index in [4.69, 9.17) is 5.73 Å². The molecule has 40 heavy (non-hydrogen) atoms. The average molecular weight is 523 g/mol. The maximum Gasteiger partial charge on any atom is 0.0328 e. The van der Waals surface area contributed by atoms with Crippen LogP contribution in [0.25, 0.3) is 27.5 Å². The van der Waals surface area contributed by atoms with Crippen LogP contribution in [0.3, 0.4) is 0 Å². The Labute approximate surface area is 239 Å². The molecule has 1 aliphatic heterocycles. The zero-order valence-electron chi connectivity index (χ0n) is 23.3. The van der Waals surface area contributed by atoms with Gasteiger partial charge in [-0.3, -0.25) is 0 Å². The van der Waals surface area contributed by atoms with Crippen LogP contribution in [0.5, 0.6) is 0 Å². The number of fused-ring (bicyclic) bond motifs is 1. The van der Waals surface area contributed by atoms with E-state index in [1.54, 1.807) is 0 Å². The van der Waals surface area contributed by atoms with Gasteiger partial charge in [0.2, 0.25) is 0 Å². The van der Waals surface area contributed by atoms with Crippen LogP contribution < -0.4 is 11.1 Å². The second-order valence-corrected chi connectivity index (χ2v) is 9.56. The Morgan fingerprint density at radius 2 is 1.30 bits per heavy atom. The molecule has 0 fully saturated rings. The Balaban J connectivity index is 0.000000316. The van der Waals surface area contributed by atoms with Gasteiger partial charge in [-0.1, -0.05) is 140 Å². The third kappa shape index (κ3) is 6.85. The van der Waals surface area contributed by atoms with Gasteiger partial charge in [0.25, 0.3) is 0 Å². The van der Waals surface area contributed by atoms with E-state index < -0.39 is 0 Å². The van der Waals surface area contributed by atoms with Crippen molar-refractivity contribution in [2.75, 3.05) is 6.54 Å². The number of hydrogen-bond acceptors (Lipinski definition) is 2. The molecule has 2 nitrogen and oxygen atoms in total. The quantitative estimate of drug-likeness (QED) is 0.226. The smallest absolute Gasteiger partial charge is 0.0328 e. The first-order valence-electron chi connectivity index (χ1n) is 13.8. The summed E-state index contributed by atoms with van der Waals surface area (Å²) in [5.41, 5.74) is 14.3. The summed E-state index contributed by atoms with van der Waals surface area (Å²) in [6.45, 7) is 9.84. The van der Waals surface area contributed by atoms with Crippen LogP contribution in [0.1, 0.15) is 35.1 Å². The fourth-order valence-corrected chi connectivity index (χ4v) is 4.98. The Kier molecular flexibility index (Phi) is 10.3. The van der Waals surface area contributed by atoms with Crippen molar-refractivity contribution in [1.82, 2.24) is 5.32 Å². The van der Waals surface area contributed by atoms with Gasteiger partial charge < -0.3 is 11.1 Å². The molecule has 6 rings (SSSR count). The molecule has 0 aromatic heterocycles. The molecule has 0 amide bonds. The van der Waals surface area contributed by atoms with E-state index in [1.807, 2.05) is 30.3 Å². The zero-order valence-corrected chi connectivity index (χ0v) is 23.3. The van der Waals surface area contributed by atoms with E-state index in [1.165, 1.54) is 49.7 Å². The van der Waals surface area contributed by atoms with Crippen molar-refractivity contribution in [3.05, 3.63) is 175 Å². The van der Waals surface area contributed by atoms with Crippen molar-refractivity contribution in [3.63, 3.8) is 0 Å². The second kappa shape index (κ2) is 14.5. The topological polar surface area (TPSA) is 38.0 Å². The van der Waals surface area contributed by atoms with Crippen molar-refractivity contribution < 1.29 is 0 Å². The van der Waals surface area contributed by atoms with Crippen LogP contribution in [0, 0.1) is 0 Å². The van der Waals surface area contributed by atoms with Crippen molar-refractivity contribution in [2.45, 2.75) is 19.4 Å². The summed E-state index contributed by atoms with van der Waals surface area (Å²) in [5.74, 6) is 0.352. The molecule has 5 aromatic carbocycles. The lowest BCUT2D eigenvalue weighted by atomic mass is 9.86. The largest absolute Gasteiger partial charge is 0.387 e. The summed E-state index contributed by atoms with van der Waals surface area (Å²) in [6.07, 6.45) is 6.42. The lowest BCUT2D eigenvalue weighted by molar-refractivity contribution is 0.933. The van der Waals surface area contributed by atoms with Crippen LogP contribution in [-0.2, 0) is 6.54 Å². The third-order valence-corrected chi connectivity index (χ3v) is 7.12. The molecule has 1 heterocycles. The number of nitrogens with one attached hydrogen (secondary N) is 1. The Bertz CT molecular complexity index is 1550. The number of nitrogens with two attached hydrogens (primary N) is 1. The van der Waals surface area contributed by atoms with Crippen molar-refractivity contribution in [3.8, 4) is 11.1 Å². The highest BCUT2D eigenvalue weighted by atomic mass is 14.8. The summed E-state index contributed by atoms with van der Waals surface area (Å²) in [4.78, 5) is 0. The van der Waals surface area contributed by atoms with Gasteiger partial charge in [-0.2, -0.15) is 0 Å².